The summed E-state index contributed by atoms with van der Waals surface area (Å²) in [5.41, 5.74) is 4.00. The molecular formula is C17H19. The highest BCUT2D eigenvalue weighted by Crippen LogP contribution is 2.31. The van der Waals surface area contributed by atoms with E-state index in [0.29, 0.717) is 11.8 Å². The van der Waals surface area contributed by atoms with Crippen LogP contribution >= 0.6 is 0 Å². The largest absolute Gasteiger partial charge is 0.0622 e. The first kappa shape index (κ1) is 11.9. The zero-order chi connectivity index (χ0) is 12.3. The second kappa shape index (κ2) is 5.18. The molecule has 2 atom stereocenters. The van der Waals surface area contributed by atoms with Crippen molar-refractivity contribution in [1.29, 1.82) is 0 Å². The minimum atomic E-state index is 0.361. The van der Waals surface area contributed by atoms with Crippen molar-refractivity contribution in [3.05, 3.63) is 78.2 Å². The zero-order valence-electron chi connectivity index (χ0n) is 10.6. The molecule has 0 saturated carbocycles. The van der Waals surface area contributed by atoms with Crippen LogP contribution in [0.25, 0.3) is 0 Å². The van der Waals surface area contributed by atoms with Crippen LogP contribution in [0.3, 0.4) is 0 Å². The van der Waals surface area contributed by atoms with E-state index in [2.05, 4.69) is 75.4 Å². The van der Waals surface area contributed by atoms with E-state index in [1.165, 1.54) is 16.7 Å². The molecule has 1 radical (unpaired) electrons. The summed E-state index contributed by atoms with van der Waals surface area (Å²) in [4.78, 5) is 0. The molecule has 2 unspecified atom stereocenters. The molecule has 0 N–H and O–H groups in total. The van der Waals surface area contributed by atoms with Crippen LogP contribution in [0, 0.1) is 19.8 Å². The maximum absolute atomic E-state index is 4.21. The predicted octanol–water partition coefficient (Wildman–Crippen LogP) is 4.60. The van der Waals surface area contributed by atoms with Gasteiger partial charge in [0.05, 0.1) is 0 Å². The SMILES string of the molecule is [CH2]C(C)C(c1ccccc1)c1ccc(C)cc1. The number of hydrogen-bond acceptors (Lipinski definition) is 0. The Morgan fingerprint density at radius 1 is 0.824 bits per heavy atom. The lowest BCUT2D eigenvalue weighted by molar-refractivity contribution is 0.620. The van der Waals surface area contributed by atoms with E-state index >= 15 is 0 Å². The number of rotatable bonds is 3. The van der Waals surface area contributed by atoms with Gasteiger partial charge in [-0.1, -0.05) is 67.1 Å². The molecule has 0 spiro atoms. The van der Waals surface area contributed by atoms with Crippen LogP contribution in [0.15, 0.2) is 54.6 Å². The van der Waals surface area contributed by atoms with E-state index in [1.54, 1.807) is 0 Å². The summed E-state index contributed by atoms with van der Waals surface area (Å²) in [6.07, 6.45) is 0. The molecule has 0 amide bonds. The van der Waals surface area contributed by atoms with Gasteiger partial charge in [0.2, 0.25) is 0 Å². The lowest BCUT2D eigenvalue weighted by Crippen LogP contribution is -2.08. The predicted molar refractivity (Wildman–Crippen MR) is 74.0 cm³/mol. The highest BCUT2D eigenvalue weighted by Gasteiger charge is 2.17. The van der Waals surface area contributed by atoms with Crippen LogP contribution < -0.4 is 0 Å². The van der Waals surface area contributed by atoms with Crippen molar-refractivity contribution < 1.29 is 0 Å². The van der Waals surface area contributed by atoms with E-state index in [9.17, 15) is 0 Å². The molecule has 17 heavy (non-hydrogen) atoms. The Morgan fingerprint density at radius 3 is 1.88 bits per heavy atom. The molecule has 0 aliphatic heterocycles. The molecule has 0 fully saturated rings. The van der Waals surface area contributed by atoms with Crippen molar-refractivity contribution in [3.63, 3.8) is 0 Å². The Kier molecular flexibility index (Phi) is 3.63. The Bertz CT molecular complexity index is 451. The first-order valence-electron chi connectivity index (χ1n) is 6.13. The average Bonchev–Trinajstić information content (AvgIpc) is 2.33. The van der Waals surface area contributed by atoms with Gasteiger partial charge in [-0.3, -0.25) is 0 Å². The van der Waals surface area contributed by atoms with Gasteiger partial charge in [-0.05, 0) is 30.9 Å². The molecule has 0 aliphatic carbocycles. The van der Waals surface area contributed by atoms with Crippen LogP contribution in [-0.2, 0) is 0 Å². The first-order chi connectivity index (χ1) is 8.18. The van der Waals surface area contributed by atoms with Gasteiger partial charge in [-0.2, -0.15) is 0 Å². The summed E-state index contributed by atoms with van der Waals surface area (Å²) in [5, 5.41) is 0. The average molecular weight is 223 g/mol. The lowest BCUT2D eigenvalue weighted by atomic mass is 9.82. The molecule has 0 nitrogen and oxygen atoms in total. The van der Waals surface area contributed by atoms with E-state index in [1.807, 2.05) is 0 Å². The third kappa shape index (κ3) is 2.76. The van der Waals surface area contributed by atoms with Crippen molar-refractivity contribution >= 4 is 0 Å². The Labute approximate surface area is 104 Å². The van der Waals surface area contributed by atoms with E-state index in [-0.39, 0.29) is 0 Å². The third-order valence-corrected chi connectivity index (χ3v) is 3.16. The molecule has 0 bridgehead atoms. The summed E-state index contributed by atoms with van der Waals surface area (Å²) in [6.45, 7) is 8.51. The van der Waals surface area contributed by atoms with Crippen molar-refractivity contribution in [3.8, 4) is 0 Å². The van der Waals surface area contributed by atoms with E-state index in [4.69, 9.17) is 0 Å². The number of benzene rings is 2. The zero-order valence-corrected chi connectivity index (χ0v) is 10.6. The van der Waals surface area contributed by atoms with Crippen LogP contribution in [0.2, 0.25) is 0 Å². The van der Waals surface area contributed by atoms with Gasteiger partial charge in [0.25, 0.3) is 0 Å². The molecule has 2 rings (SSSR count). The lowest BCUT2D eigenvalue weighted by Gasteiger charge is -2.22. The van der Waals surface area contributed by atoms with Gasteiger partial charge < -0.3 is 0 Å². The second-order valence-corrected chi connectivity index (χ2v) is 4.78. The first-order valence-corrected chi connectivity index (χ1v) is 6.13. The van der Waals surface area contributed by atoms with E-state index in [0.717, 1.165) is 0 Å². The fourth-order valence-electron chi connectivity index (χ4n) is 2.28. The van der Waals surface area contributed by atoms with Crippen LogP contribution in [0.1, 0.15) is 29.5 Å². The molecular weight excluding hydrogens is 204 g/mol. The molecule has 0 heterocycles. The summed E-state index contributed by atoms with van der Waals surface area (Å²) in [6, 6.07) is 19.4. The minimum Gasteiger partial charge on any atom is -0.0622 e. The number of aryl methyl sites for hydroxylation is 1. The Hall–Kier alpha value is -1.56. The molecule has 0 aromatic heterocycles. The van der Waals surface area contributed by atoms with Gasteiger partial charge in [0.15, 0.2) is 0 Å². The van der Waals surface area contributed by atoms with Crippen LogP contribution in [0.4, 0.5) is 0 Å². The van der Waals surface area contributed by atoms with Gasteiger partial charge in [-0.25, -0.2) is 0 Å². The summed E-state index contributed by atoms with van der Waals surface area (Å²) >= 11 is 0. The highest BCUT2D eigenvalue weighted by molar-refractivity contribution is 5.34. The normalized spacial score (nSPS) is 12.7. The number of hydrogen-bond donors (Lipinski definition) is 0. The minimum absolute atomic E-state index is 0.361. The Balaban J connectivity index is 2.39. The maximum atomic E-state index is 4.21. The standard InChI is InChI=1S/C17H19/c1-13(2)17(15-7-5-4-6-8-15)16-11-9-14(3)10-12-16/h4-13,17H,1H2,2-3H3. The summed E-state index contributed by atoms with van der Waals surface area (Å²) in [5.74, 6) is 0.747. The molecule has 87 valence electrons. The fourth-order valence-corrected chi connectivity index (χ4v) is 2.28. The van der Waals surface area contributed by atoms with Gasteiger partial charge >= 0.3 is 0 Å². The molecule has 2 aromatic carbocycles. The highest BCUT2D eigenvalue weighted by atomic mass is 14.2. The van der Waals surface area contributed by atoms with Crippen molar-refractivity contribution in [2.45, 2.75) is 19.8 Å². The van der Waals surface area contributed by atoms with Crippen molar-refractivity contribution in [1.82, 2.24) is 0 Å². The van der Waals surface area contributed by atoms with Crippen LogP contribution in [0.5, 0.6) is 0 Å². The fraction of sp³-hybridized carbons (Fsp3) is 0.235. The smallest absolute Gasteiger partial charge is 0.0115 e. The van der Waals surface area contributed by atoms with Gasteiger partial charge in [0.1, 0.15) is 0 Å². The molecule has 0 aliphatic rings. The van der Waals surface area contributed by atoms with Gasteiger partial charge in [0, 0.05) is 5.92 Å². The van der Waals surface area contributed by atoms with Crippen molar-refractivity contribution in [2.75, 3.05) is 0 Å². The Morgan fingerprint density at radius 2 is 1.35 bits per heavy atom. The molecule has 0 heteroatoms. The maximum Gasteiger partial charge on any atom is 0.0115 e. The van der Waals surface area contributed by atoms with Crippen molar-refractivity contribution in [2.24, 2.45) is 5.92 Å². The molecule has 2 aromatic rings. The topological polar surface area (TPSA) is 0 Å². The van der Waals surface area contributed by atoms with Gasteiger partial charge in [-0.15, -0.1) is 0 Å². The van der Waals surface area contributed by atoms with E-state index < -0.39 is 0 Å². The summed E-state index contributed by atoms with van der Waals surface area (Å²) in [7, 11) is 0. The quantitative estimate of drug-likeness (QED) is 0.713. The molecule has 0 saturated heterocycles. The third-order valence-electron chi connectivity index (χ3n) is 3.16. The second-order valence-electron chi connectivity index (χ2n) is 4.78. The monoisotopic (exact) mass is 223 g/mol. The summed E-state index contributed by atoms with van der Waals surface area (Å²) < 4.78 is 0. The van der Waals surface area contributed by atoms with Crippen LogP contribution in [-0.4, -0.2) is 0 Å².